The number of nitro groups is 1. The molecule has 148 valence electrons. The molecule has 1 saturated heterocycles. The summed E-state index contributed by atoms with van der Waals surface area (Å²) in [6.45, 7) is 3.32. The fourth-order valence-electron chi connectivity index (χ4n) is 3.50. The predicted molar refractivity (Wildman–Crippen MR) is 113 cm³/mol. The van der Waals surface area contributed by atoms with Crippen molar-refractivity contribution in [3.05, 3.63) is 82.7 Å². The monoisotopic (exact) mass is 390 g/mol. The van der Waals surface area contributed by atoms with E-state index in [2.05, 4.69) is 32.3 Å². The Morgan fingerprint density at radius 1 is 0.897 bits per heavy atom. The molecule has 1 fully saturated rings. The first-order chi connectivity index (χ1) is 14.2. The number of nitrogens with zero attached hydrogens (tertiary/aromatic N) is 5. The summed E-state index contributed by atoms with van der Waals surface area (Å²) in [7, 11) is 0. The van der Waals surface area contributed by atoms with Crippen LogP contribution in [0.3, 0.4) is 0 Å². The average Bonchev–Trinajstić information content (AvgIpc) is 2.78. The van der Waals surface area contributed by atoms with Gasteiger partial charge in [-0.2, -0.15) is 0 Å². The Labute approximate surface area is 169 Å². The molecule has 0 amide bonds. The van der Waals surface area contributed by atoms with E-state index in [0.29, 0.717) is 25.5 Å². The maximum Gasteiger partial charge on any atom is 0.353 e. The molecule has 0 unspecified atom stereocenters. The van der Waals surface area contributed by atoms with E-state index in [0.717, 1.165) is 24.3 Å². The molecule has 0 spiro atoms. The van der Waals surface area contributed by atoms with Crippen LogP contribution in [0.4, 0.5) is 23.0 Å². The van der Waals surface area contributed by atoms with Crippen LogP contribution in [0.2, 0.25) is 0 Å². The van der Waals surface area contributed by atoms with E-state index in [4.69, 9.17) is 0 Å². The van der Waals surface area contributed by atoms with Crippen LogP contribution >= 0.6 is 0 Å². The van der Waals surface area contributed by atoms with Crippen LogP contribution in [0.15, 0.2) is 67.0 Å². The van der Waals surface area contributed by atoms with Crippen LogP contribution in [0.1, 0.15) is 5.56 Å². The lowest BCUT2D eigenvalue weighted by atomic mass is 10.2. The quantitative estimate of drug-likeness (QED) is 0.510. The van der Waals surface area contributed by atoms with Crippen molar-refractivity contribution in [2.45, 2.75) is 6.54 Å². The minimum Gasteiger partial charge on any atom is -0.368 e. The van der Waals surface area contributed by atoms with Gasteiger partial charge in [0.1, 0.15) is 6.33 Å². The second-order valence-electron chi connectivity index (χ2n) is 6.80. The third-order valence-electron chi connectivity index (χ3n) is 4.99. The number of nitrogens with one attached hydrogen (secondary N) is 1. The molecule has 1 aromatic heterocycles. The van der Waals surface area contributed by atoms with Gasteiger partial charge in [0, 0.05) is 38.4 Å². The van der Waals surface area contributed by atoms with Crippen molar-refractivity contribution in [1.82, 2.24) is 9.97 Å². The summed E-state index contributed by atoms with van der Waals surface area (Å²) in [6, 6.07) is 19.9. The molecule has 1 aliphatic rings. The molecule has 0 radical (unpaired) electrons. The fourth-order valence-corrected chi connectivity index (χ4v) is 3.50. The second-order valence-corrected chi connectivity index (χ2v) is 6.80. The van der Waals surface area contributed by atoms with E-state index < -0.39 is 4.92 Å². The zero-order valence-electron chi connectivity index (χ0n) is 15.9. The van der Waals surface area contributed by atoms with Crippen molar-refractivity contribution < 1.29 is 4.92 Å². The lowest BCUT2D eigenvalue weighted by Crippen LogP contribution is -2.47. The molecule has 4 rings (SSSR count). The molecule has 8 nitrogen and oxygen atoms in total. The number of aromatic nitrogens is 2. The Kier molecular flexibility index (Phi) is 5.51. The van der Waals surface area contributed by atoms with Crippen molar-refractivity contribution in [1.29, 1.82) is 0 Å². The van der Waals surface area contributed by atoms with Gasteiger partial charge in [-0.15, -0.1) is 0 Å². The Morgan fingerprint density at radius 2 is 1.52 bits per heavy atom. The lowest BCUT2D eigenvalue weighted by molar-refractivity contribution is -0.383. The van der Waals surface area contributed by atoms with Crippen molar-refractivity contribution in [2.24, 2.45) is 0 Å². The number of piperazine rings is 1. The summed E-state index contributed by atoms with van der Waals surface area (Å²) in [6.07, 6.45) is 1.39. The molecule has 0 atom stereocenters. The van der Waals surface area contributed by atoms with Gasteiger partial charge >= 0.3 is 5.69 Å². The highest BCUT2D eigenvalue weighted by molar-refractivity contribution is 5.70. The summed E-state index contributed by atoms with van der Waals surface area (Å²) in [5, 5.41) is 14.9. The van der Waals surface area contributed by atoms with Gasteiger partial charge < -0.3 is 15.1 Å². The highest BCUT2D eigenvalue weighted by Crippen LogP contribution is 2.33. The van der Waals surface area contributed by atoms with Crippen molar-refractivity contribution in [3.63, 3.8) is 0 Å². The molecular formula is C21H22N6O2. The molecule has 1 N–H and O–H groups in total. The second kappa shape index (κ2) is 8.55. The molecule has 2 heterocycles. The number of rotatable bonds is 6. The Morgan fingerprint density at radius 3 is 2.17 bits per heavy atom. The summed E-state index contributed by atoms with van der Waals surface area (Å²) < 4.78 is 0. The molecule has 1 aliphatic heterocycles. The van der Waals surface area contributed by atoms with Crippen LogP contribution < -0.4 is 15.1 Å². The number of hydrogen-bond acceptors (Lipinski definition) is 7. The maximum atomic E-state index is 11.8. The van der Waals surface area contributed by atoms with Crippen molar-refractivity contribution in [3.8, 4) is 0 Å². The Bertz CT molecular complexity index is 959. The van der Waals surface area contributed by atoms with Gasteiger partial charge in [0.15, 0.2) is 0 Å². The first-order valence-electron chi connectivity index (χ1n) is 9.54. The average molecular weight is 390 g/mol. The minimum absolute atomic E-state index is 0.0726. The number of anilines is 3. The highest BCUT2D eigenvalue weighted by Gasteiger charge is 2.29. The largest absolute Gasteiger partial charge is 0.368 e. The van der Waals surface area contributed by atoms with Crippen LogP contribution in [-0.2, 0) is 6.54 Å². The first kappa shape index (κ1) is 18.7. The number of benzene rings is 2. The smallest absolute Gasteiger partial charge is 0.353 e. The van der Waals surface area contributed by atoms with E-state index in [1.807, 2.05) is 53.4 Å². The normalized spacial score (nSPS) is 13.9. The fraction of sp³-hybridized carbons (Fsp3) is 0.238. The number of hydrogen-bond donors (Lipinski definition) is 1. The van der Waals surface area contributed by atoms with Crippen LogP contribution in [0.25, 0.3) is 0 Å². The minimum atomic E-state index is -0.397. The van der Waals surface area contributed by atoms with Gasteiger partial charge in [0.05, 0.1) is 4.92 Å². The van der Waals surface area contributed by atoms with Gasteiger partial charge in [-0.05, 0) is 17.7 Å². The van der Waals surface area contributed by atoms with Crippen molar-refractivity contribution in [2.75, 3.05) is 41.3 Å². The molecule has 0 saturated carbocycles. The van der Waals surface area contributed by atoms with Crippen LogP contribution in [-0.4, -0.2) is 41.1 Å². The van der Waals surface area contributed by atoms with E-state index in [1.165, 1.54) is 6.33 Å². The maximum absolute atomic E-state index is 11.8. The summed E-state index contributed by atoms with van der Waals surface area (Å²) in [4.78, 5) is 24.1. The van der Waals surface area contributed by atoms with E-state index >= 15 is 0 Å². The highest BCUT2D eigenvalue weighted by atomic mass is 16.6. The van der Waals surface area contributed by atoms with Crippen molar-refractivity contribution >= 4 is 23.0 Å². The lowest BCUT2D eigenvalue weighted by Gasteiger charge is -2.36. The topological polar surface area (TPSA) is 87.4 Å². The van der Waals surface area contributed by atoms with Gasteiger partial charge in [0.2, 0.25) is 11.6 Å². The molecule has 2 aromatic carbocycles. The SMILES string of the molecule is O=[N+]([O-])c1c(NCc2ccccc2)ncnc1N1CCN(c2ccccc2)CC1. The molecule has 0 aliphatic carbocycles. The van der Waals surface area contributed by atoms with Gasteiger partial charge in [-0.3, -0.25) is 10.1 Å². The molecule has 29 heavy (non-hydrogen) atoms. The number of para-hydroxylation sites is 1. The van der Waals surface area contributed by atoms with Gasteiger partial charge in [-0.1, -0.05) is 48.5 Å². The van der Waals surface area contributed by atoms with Gasteiger partial charge in [-0.25, -0.2) is 9.97 Å². The summed E-state index contributed by atoms with van der Waals surface area (Å²) in [5.74, 6) is 0.614. The molecule has 8 heteroatoms. The molecule has 0 bridgehead atoms. The van der Waals surface area contributed by atoms with Crippen LogP contribution in [0.5, 0.6) is 0 Å². The van der Waals surface area contributed by atoms with Gasteiger partial charge in [0.25, 0.3) is 0 Å². The Balaban J connectivity index is 1.51. The zero-order chi connectivity index (χ0) is 20.1. The molecule has 3 aromatic rings. The van der Waals surface area contributed by atoms with Crippen LogP contribution in [0, 0.1) is 10.1 Å². The molecular weight excluding hydrogens is 368 g/mol. The third-order valence-corrected chi connectivity index (χ3v) is 4.99. The third kappa shape index (κ3) is 4.26. The predicted octanol–water partition coefficient (Wildman–Crippen LogP) is 3.32. The van der Waals surface area contributed by atoms with E-state index in [9.17, 15) is 10.1 Å². The summed E-state index contributed by atoms with van der Waals surface area (Å²) >= 11 is 0. The van der Waals surface area contributed by atoms with E-state index in [-0.39, 0.29) is 11.5 Å². The summed E-state index contributed by atoms with van der Waals surface area (Å²) in [5.41, 5.74) is 2.12. The zero-order valence-corrected chi connectivity index (χ0v) is 15.9. The first-order valence-corrected chi connectivity index (χ1v) is 9.54. The Hall–Kier alpha value is -3.68. The van der Waals surface area contributed by atoms with E-state index in [1.54, 1.807) is 0 Å². The standard InChI is InChI=1S/C21H22N6O2/c28-27(29)19-20(22-15-17-7-3-1-4-8-17)23-16-24-21(19)26-13-11-25(12-14-26)18-9-5-2-6-10-18/h1-10,16H,11-15H2,(H,22,23,24).